The molecule has 1 aliphatic heterocycles. The molecule has 0 saturated carbocycles. The molecular formula is C5H12N2. The van der Waals surface area contributed by atoms with Crippen molar-refractivity contribution in [3.05, 3.63) is 0 Å². The summed E-state index contributed by atoms with van der Waals surface area (Å²) in [7, 11) is 0. The van der Waals surface area contributed by atoms with Gasteiger partial charge in [0.1, 0.15) is 0 Å². The van der Waals surface area contributed by atoms with Crippen LogP contribution in [0.2, 0.25) is 0 Å². The summed E-state index contributed by atoms with van der Waals surface area (Å²) in [6.45, 7) is 3.12. The zero-order valence-corrected chi connectivity index (χ0v) is 4.70. The zero-order chi connectivity index (χ0) is 5.33. The Balaban J connectivity index is 2.40. The third-order valence-corrected chi connectivity index (χ3v) is 1.40. The third-order valence-electron chi connectivity index (χ3n) is 1.40. The summed E-state index contributed by atoms with van der Waals surface area (Å²) in [5.41, 5.74) is 5.61. The molecule has 1 fully saturated rings. The lowest BCUT2D eigenvalue weighted by Gasteiger charge is -2.15. The van der Waals surface area contributed by atoms with E-state index < -0.39 is 0 Å². The molecule has 0 amide bonds. The van der Waals surface area contributed by atoms with Crippen LogP contribution in [0.3, 0.4) is 0 Å². The Morgan fingerprint density at radius 2 is 2.43 bits per heavy atom. The Kier molecular flexibility index (Phi) is 1.05. The lowest BCUT2D eigenvalue weighted by molar-refractivity contribution is 0.433. The first-order valence-corrected chi connectivity index (χ1v) is 2.75. The monoisotopic (exact) mass is 100 g/mol. The van der Waals surface area contributed by atoms with Crippen molar-refractivity contribution < 1.29 is 0 Å². The molecule has 3 N–H and O–H groups in total. The fourth-order valence-electron chi connectivity index (χ4n) is 0.918. The second-order valence-corrected chi connectivity index (χ2v) is 2.45. The highest BCUT2D eigenvalue weighted by Crippen LogP contribution is 2.10. The lowest BCUT2D eigenvalue weighted by Crippen LogP contribution is -2.45. The second-order valence-electron chi connectivity index (χ2n) is 2.45. The van der Waals surface area contributed by atoms with Crippen molar-refractivity contribution in [3.63, 3.8) is 0 Å². The Hall–Kier alpha value is -0.0800. The summed E-state index contributed by atoms with van der Waals surface area (Å²) in [6, 6.07) is 0. The van der Waals surface area contributed by atoms with Crippen LogP contribution in [0.4, 0.5) is 0 Å². The molecule has 7 heavy (non-hydrogen) atoms. The first-order chi connectivity index (χ1) is 3.21. The highest BCUT2D eigenvalue weighted by Gasteiger charge is 2.21. The quantitative estimate of drug-likeness (QED) is 0.451. The van der Waals surface area contributed by atoms with Crippen molar-refractivity contribution in [2.45, 2.75) is 25.4 Å². The molecule has 0 aromatic heterocycles. The van der Waals surface area contributed by atoms with Gasteiger partial charge in [-0.1, -0.05) is 0 Å². The average Bonchev–Trinajstić information content (AvgIpc) is 1.84. The predicted octanol–water partition coefficient (Wildman–Crippen LogP) is 0.0447. The number of rotatable bonds is 0. The minimum absolute atomic E-state index is 0.0556. The van der Waals surface area contributed by atoms with E-state index in [4.69, 9.17) is 5.73 Å². The molecular weight excluding hydrogens is 88.1 g/mol. The van der Waals surface area contributed by atoms with Gasteiger partial charge in [0.05, 0.1) is 5.66 Å². The van der Waals surface area contributed by atoms with Crippen molar-refractivity contribution in [2.24, 2.45) is 5.73 Å². The Morgan fingerprint density at radius 3 is 2.57 bits per heavy atom. The molecule has 0 spiro atoms. The highest BCUT2D eigenvalue weighted by molar-refractivity contribution is 4.81. The van der Waals surface area contributed by atoms with Gasteiger partial charge < -0.3 is 5.73 Å². The number of hydrogen-bond donors (Lipinski definition) is 2. The number of hydrogen-bond acceptors (Lipinski definition) is 2. The van der Waals surface area contributed by atoms with Gasteiger partial charge in [-0.05, 0) is 26.3 Å². The average molecular weight is 100 g/mol. The Morgan fingerprint density at radius 1 is 1.71 bits per heavy atom. The molecule has 1 saturated heterocycles. The van der Waals surface area contributed by atoms with E-state index in [0.29, 0.717) is 0 Å². The van der Waals surface area contributed by atoms with Gasteiger partial charge in [-0.25, -0.2) is 0 Å². The van der Waals surface area contributed by atoms with E-state index in [-0.39, 0.29) is 5.66 Å². The van der Waals surface area contributed by atoms with Gasteiger partial charge in [0, 0.05) is 0 Å². The van der Waals surface area contributed by atoms with Crippen molar-refractivity contribution >= 4 is 0 Å². The summed E-state index contributed by atoms with van der Waals surface area (Å²) in [4.78, 5) is 0. The molecule has 2 nitrogen and oxygen atoms in total. The fourth-order valence-corrected chi connectivity index (χ4v) is 0.918. The van der Waals surface area contributed by atoms with E-state index in [2.05, 4.69) is 5.32 Å². The van der Waals surface area contributed by atoms with Gasteiger partial charge in [0.2, 0.25) is 0 Å². The van der Waals surface area contributed by atoms with Crippen molar-refractivity contribution in [3.8, 4) is 0 Å². The van der Waals surface area contributed by atoms with Crippen LogP contribution < -0.4 is 11.1 Å². The SMILES string of the molecule is C[C@]1(N)CCCN1. The van der Waals surface area contributed by atoms with Crippen LogP contribution >= 0.6 is 0 Å². The molecule has 0 aliphatic carbocycles. The minimum atomic E-state index is -0.0556. The molecule has 0 aromatic rings. The largest absolute Gasteiger partial charge is 0.314 e. The highest BCUT2D eigenvalue weighted by atomic mass is 15.1. The number of nitrogens with two attached hydrogens (primary N) is 1. The maximum atomic E-state index is 5.67. The van der Waals surface area contributed by atoms with Gasteiger partial charge in [0.15, 0.2) is 0 Å². The molecule has 1 atom stereocenters. The maximum Gasteiger partial charge on any atom is 0.0633 e. The summed E-state index contributed by atoms with van der Waals surface area (Å²) in [6.07, 6.45) is 2.35. The van der Waals surface area contributed by atoms with Crippen molar-refractivity contribution in [2.75, 3.05) is 6.54 Å². The van der Waals surface area contributed by atoms with E-state index in [1.54, 1.807) is 0 Å². The molecule has 0 unspecified atom stereocenters. The summed E-state index contributed by atoms with van der Waals surface area (Å²) in [5, 5.41) is 3.17. The molecule has 1 aliphatic rings. The standard InChI is InChI=1S/C5H12N2/c1-5(6)3-2-4-7-5/h7H,2-4,6H2,1H3/t5-/m1/s1. The summed E-state index contributed by atoms with van der Waals surface area (Å²) >= 11 is 0. The second kappa shape index (κ2) is 1.46. The van der Waals surface area contributed by atoms with Crippen molar-refractivity contribution in [1.82, 2.24) is 5.32 Å². The Labute approximate surface area is 44.1 Å². The zero-order valence-electron chi connectivity index (χ0n) is 4.70. The van der Waals surface area contributed by atoms with Gasteiger partial charge in [0.25, 0.3) is 0 Å². The first-order valence-electron chi connectivity index (χ1n) is 2.75. The third kappa shape index (κ3) is 1.14. The van der Waals surface area contributed by atoms with Crippen LogP contribution in [0.1, 0.15) is 19.8 Å². The van der Waals surface area contributed by atoms with E-state index in [1.165, 1.54) is 6.42 Å². The molecule has 1 rings (SSSR count). The predicted molar refractivity (Wildman–Crippen MR) is 29.8 cm³/mol. The van der Waals surface area contributed by atoms with Gasteiger partial charge in [-0.3, -0.25) is 5.32 Å². The maximum absolute atomic E-state index is 5.67. The van der Waals surface area contributed by atoms with E-state index in [1.807, 2.05) is 6.92 Å². The van der Waals surface area contributed by atoms with E-state index in [0.717, 1.165) is 13.0 Å². The molecule has 1 heterocycles. The molecule has 0 aromatic carbocycles. The van der Waals surface area contributed by atoms with Crippen LogP contribution in [0.25, 0.3) is 0 Å². The summed E-state index contributed by atoms with van der Waals surface area (Å²) < 4.78 is 0. The van der Waals surface area contributed by atoms with Crippen LogP contribution in [0, 0.1) is 0 Å². The fraction of sp³-hybridized carbons (Fsp3) is 1.00. The van der Waals surface area contributed by atoms with Crippen LogP contribution in [0.15, 0.2) is 0 Å². The topological polar surface area (TPSA) is 38.0 Å². The first kappa shape index (κ1) is 5.06. The normalized spacial score (nSPS) is 42.0. The van der Waals surface area contributed by atoms with Crippen LogP contribution in [0.5, 0.6) is 0 Å². The van der Waals surface area contributed by atoms with Gasteiger partial charge >= 0.3 is 0 Å². The van der Waals surface area contributed by atoms with Crippen LogP contribution in [-0.4, -0.2) is 12.2 Å². The molecule has 0 radical (unpaired) electrons. The van der Waals surface area contributed by atoms with Gasteiger partial charge in [-0.15, -0.1) is 0 Å². The molecule has 42 valence electrons. The minimum Gasteiger partial charge on any atom is -0.314 e. The summed E-state index contributed by atoms with van der Waals surface area (Å²) in [5.74, 6) is 0. The van der Waals surface area contributed by atoms with E-state index in [9.17, 15) is 0 Å². The van der Waals surface area contributed by atoms with Crippen molar-refractivity contribution in [1.29, 1.82) is 0 Å². The molecule has 0 bridgehead atoms. The lowest BCUT2D eigenvalue weighted by atomic mass is 10.2. The smallest absolute Gasteiger partial charge is 0.0633 e. The van der Waals surface area contributed by atoms with Crippen LogP contribution in [-0.2, 0) is 0 Å². The number of nitrogens with one attached hydrogen (secondary N) is 1. The molecule has 2 heteroatoms. The van der Waals surface area contributed by atoms with E-state index >= 15 is 0 Å². The Bertz CT molecular complexity index is 60.5. The van der Waals surface area contributed by atoms with Gasteiger partial charge in [-0.2, -0.15) is 0 Å².